The largest absolute Gasteiger partial charge is 0.198 e. The van der Waals surface area contributed by atoms with E-state index >= 15 is 0 Å². The lowest BCUT2D eigenvalue weighted by molar-refractivity contribution is 1.12. The van der Waals surface area contributed by atoms with E-state index in [1.165, 1.54) is 16.7 Å². The zero-order valence-electron chi connectivity index (χ0n) is 6.44. The monoisotopic (exact) mass is 133 g/mol. The maximum Gasteiger partial charge on any atom is 0.0669 e. The minimum atomic E-state index is 0.573. The van der Waals surface area contributed by atoms with E-state index < -0.39 is 0 Å². The molecule has 1 nitrogen and oxygen atoms in total. The van der Waals surface area contributed by atoms with Crippen LogP contribution in [-0.4, -0.2) is 0 Å². The van der Waals surface area contributed by atoms with Crippen molar-refractivity contribution < 1.29 is 0 Å². The normalized spacial score (nSPS) is 17.1. The molecule has 0 amide bonds. The fourth-order valence-corrected chi connectivity index (χ4v) is 1.29. The molecule has 0 atom stereocenters. The van der Waals surface area contributed by atoms with E-state index in [2.05, 4.69) is 26.0 Å². The summed E-state index contributed by atoms with van der Waals surface area (Å²) in [6, 6.07) is 2.16. The maximum absolute atomic E-state index is 8.42. The van der Waals surface area contributed by atoms with Gasteiger partial charge in [-0.15, -0.1) is 0 Å². The van der Waals surface area contributed by atoms with Crippen molar-refractivity contribution in [2.24, 2.45) is 0 Å². The molecule has 0 radical (unpaired) electrons. The highest BCUT2D eigenvalue weighted by molar-refractivity contribution is 5.38. The van der Waals surface area contributed by atoms with Crippen LogP contribution in [0.15, 0.2) is 22.8 Å². The third-order valence-corrected chi connectivity index (χ3v) is 1.78. The molecule has 0 unspecified atom stereocenters. The number of nitrogens with zero attached hydrogens (tertiary/aromatic N) is 1. The fourth-order valence-electron chi connectivity index (χ4n) is 1.29. The summed E-state index contributed by atoms with van der Waals surface area (Å²) in [6.45, 7) is 4.20. The van der Waals surface area contributed by atoms with Crippen molar-refractivity contribution in [2.45, 2.75) is 26.7 Å². The summed E-state index contributed by atoms with van der Waals surface area (Å²) in [5, 5.41) is 8.42. The fraction of sp³-hybridized carbons (Fsp3) is 0.444. The number of rotatable bonds is 1. The van der Waals surface area contributed by atoms with Crippen LogP contribution in [0.25, 0.3) is 0 Å². The van der Waals surface area contributed by atoms with Crippen LogP contribution >= 0.6 is 0 Å². The van der Waals surface area contributed by atoms with Crippen LogP contribution in [0.1, 0.15) is 26.7 Å². The van der Waals surface area contributed by atoms with Crippen LogP contribution in [-0.2, 0) is 0 Å². The van der Waals surface area contributed by atoms with Gasteiger partial charge in [0.25, 0.3) is 0 Å². The van der Waals surface area contributed by atoms with Gasteiger partial charge in [0.15, 0.2) is 0 Å². The molecule has 0 aromatic rings. The zero-order chi connectivity index (χ0) is 7.56. The number of hydrogen-bond acceptors (Lipinski definition) is 1. The van der Waals surface area contributed by atoms with Crippen LogP contribution in [0.5, 0.6) is 0 Å². The average Bonchev–Trinajstić information content (AvgIpc) is 2.13. The molecule has 1 heteroatoms. The molecule has 0 saturated heterocycles. The van der Waals surface area contributed by atoms with Crippen LogP contribution in [0.3, 0.4) is 0 Å². The third kappa shape index (κ3) is 1.27. The molecule has 0 spiro atoms. The lowest BCUT2D eigenvalue weighted by atomic mass is 10.1. The summed E-state index contributed by atoms with van der Waals surface area (Å²) in [7, 11) is 0. The summed E-state index contributed by atoms with van der Waals surface area (Å²) in [4.78, 5) is 0. The molecule has 10 heavy (non-hydrogen) atoms. The summed E-state index contributed by atoms with van der Waals surface area (Å²) in [5.74, 6) is 0. The Labute approximate surface area is 61.7 Å². The van der Waals surface area contributed by atoms with Crippen LogP contribution in [0.2, 0.25) is 0 Å². The Morgan fingerprint density at radius 2 is 2.30 bits per heavy atom. The van der Waals surface area contributed by atoms with Crippen LogP contribution in [0, 0.1) is 11.3 Å². The highest BCUT2D eigenvalue weighted by atomic mass is 14.2. The van der Waals surface area contributed by atoms with Crippen molar-refractivity contribution in [3.05, 3.63) is 22.8 Å². The van der Waals surface area contributed by atoms with Crippen molar-refractivity contribution in [3.63, 3.8) is 0 Å². The Balaban J connectivity index is 2.74. The van der Waals surface area contributed by atoms with Crippen molar-refractivity contribution >= 4 is 0 Å². The van der Waals surface area contributed by atoms with Gasteiger partial charge in [-0.25, -0.2) is 0 Å². The van der Waals surface area contributed by atoms with E-state index in [9.17, 15) is 0 Å². The van der Waals surface area contributed by atoms with E-state index in [-0.39, 0.29) is 0 Å². The molecule has 52 valence electrons. The molecule has 0 aromatic heterocycles. The molecule has 0 fully saturated rings. The van der Waals surface area contributed by atoms with E-state index in [0.717, 1.165) is 6.42 Å². The van der Waals surface area contributed by atoms with Gasteiger partial charge in [-0.2, -0.15) is 5.26 Å². The van der Waals surface area contributed by atoms with Crippen molar-refractivity contribution in [1.82, 2.24) is 0 Å². The van der Waals surface area contributed by atoms with Gasteiger partial charge >= 0.3 is 0 Å². The predicted octanol–water partition coefficient (Wildman–Crippen LogP) is 2.57. The smallest absolute Gasteiger partial charge is 0.0669 e. The minimum Gasteiger partial charge on any atom is -0.198 e. The van der Waals surface area contributed by atoms with Gasteiger partial charge in [0, 0.05) is 0 Å². The van der Waals surface area contributed by atoms with Crippen LogP contribution < -0.4 is 0 Å². The zero-order valence-corrected chi connectivity index (χ0v) is 6.44. The van der Waals surface area contributed by atoms with Gasteiger partial charge in [-0.05, 0) is 25.8 Å². The number of allylic oxidation sites excluding steroid dienone is 4. The molecule has 1 aliphatic rings. The summed E-state index contributed by atoms with van der Waals surface area (Å²) < 4.78 is 0. The Morgan fingerprint density at radius 1 is 1.60 bits per heavy atom. The van der Waals surface area contributed by atoms with E-state index in [4.69, 9.17) is 5.26 Å². The predicted molar refractivity (Wildman–Crippen MR) is 41.3 cm³/mol. The van der Waals surface area contributed by atoms with Gasteiger partial charge in [0.1, 0.15) is 0 Å². The van der Waals surface area contributed by atoms with Crippen molar-refractivity contribution in [3.8, 4) is 6.07 Å². The Morgan fingerprint density at radius 3 is 2.70 bits per heavy atom. The molecular weight excluding hydrogens is 122 g/mol. The Kier molecular flexibility index (Phi) is 1.91. The average molecular weight is 133 g/mol. The molecule has 0 aromatic carbocycles. The van der Waals surface area contributed by atoms with E-state index in [1.807, 2.05) is 0 Å². The second kappa shape index (κ2) is 2.70. The van der Waals surface area contributed by atoms with Crippen LogP contribution in [0.4, 0.5) is 0 Å². The molecule has 0 bridgehead atoms. The maximum atomic E-state index is 8.42. The topological polar surface area (TPSA) is 23.8 Å². The first-order valence-corrected chi connectivity index (χ1v) is 3.47. The summed E-state index contributed by atoms with van der Waals surface area (Å²) in [5.41, 5.74) is 3.96. The lowest BCUT2D eigenvalue weighted by Crippen LogP contribution is -1.76. The third-order valence-electron chi connectivity index (χ3n) is 1.78. The summed E-state index contributed by atoms with van der Waals surface area (Å²) in [6.07, 6.45) is 3.76. The lowest BCUT2D eigenvalue weighted by Gasteiger charge is -1.92. The highest BCUT2D eigenvalue weighted by Gasteiger charge is 2.07. The van der Waals surface area contributed by atoms with Gasteiger partial charge in [0.05, 0.1) is 12.5 Å². The quantitative estimate of drug-likeness (QED) is 0.539. The molecule has 0 N–H and O–H groups in total. The van der Waals surface area contributed by atoms with Gasteiger partial charge < -0.3 is 0 Å². The standard InChI is InChI=1S/C9H11N/c1-7-5-8(2)9(6-7)3-4-10/h6H,3,5H2,1-2H3. The molecular formula is C9H11N. The van der Waals surface area contributed by atoms with Gasteiger partial charge in [0.2, 0.25) is 0 Å². The molecule has 1 aliphatic carbocycles. The number of hydrogen-bond donors (Lipinski definition) is 0. The van der Waals surface area contributed by atoms with E-state index in [0.29, 0.717) is 6.42 Å². The Bertz CT molecular complexity index is 238. The first-order chi connectivity index (χ1) is 4.74. The molecule has 0 aliphatic heterocycles. The molecule has 0 heterocycles. The molecule has 1 rings (SSSR count). The van der Waals surface area contributed by atoms with Gasteiger partial charge in [-0.3, -0.25) is 0 Å². The molecule has 0 saturated carbocycles. The highest BCUT2D eigenvalue weighted by Crippen LogP contribution is 2.25. The second-order valence-electron chi connectivity index (χ2n) is 2.81. The number of nitriles is 1. The van der Waals surface area contributed by atoms with Gasteiger partial charge in [-0.1, -0.05) is 17.2 Å². The SMILES string of the molecule is CC1=CC(CC#N)=C(C)C1. The Hall–Kier alpha value is -1.03. The van der Waals surface area contributed by atoms with Crippen molar-refractivity contribution in [1.29, 1.82) is 5.26 Å². The van der Waals surface area contributed by atoms with E-state index in [1.54, 1.807) is 0 Å². The minimum absolute atomic E-state index is 0.573. The first-order valence-electron chi connectivity index (χ1n) is 3.47. The first kappa shape index (κ1) is 7.08. The summed E-state index contributed by atoms with van der Waals surface area (Å²) >= 11 is 0. The van der Waals surface area contributed by atoms with Crippen molar-refractivity contribution in [2.75, 3.05) is 0 Å². The second-order valence-corrected chi connectivity index (χ2v) is 2.81.